The molecular weight excluding hydrogens is 315 g/mol. The van der Waals surface area contributed by atoms with Crippen LogP contribution in [0.5, 0.6) is 0 Å². The second kappa shape index (κ2) is 6.07. The molecule has 0 saturated heterocycles. The number of hydrogen-bond donors (Lipinski definition) is 2. The molecule has 0 saturated carbocycles. The van der Waals surface area contributed by atoms with E-state index in [1.807, 2.05) is 26.8 Å². The van der Waals surface area contributed by atoms with E-state index in [9.17, 15) is 13.2 Å². The fourth-order valence-corrected chi connectivity index (χ4v) is 3.06. The lowest BCUT2D eigenvalue weighted by Crippen LogP contribution is -2.18. The van der Waals surface area contributed by atoms with Crippen molar-refractivity contribution in [3.05, 3.63) is 27.2 Å². The van der Waals surface area contributed by atoms with E-state index in [4.69, 9.17) is 5.73 Å². The quantitative estimate of drug-likeness (QED) is 0.893. The van der Waals surface area contributed by atoms with Crippen LogP contribution < -0.4 is 11.1 Å². The number of halogens is 3. The number of hydrogen-bond acceptors (Lipinski definition) is 6. The number of nitrogens with two attached hydrogens (primary N) is 1. The highest BCUT2D eigenvalue weighted by Gasteiger charge is 2.35. The van der Waals surface area contributed by atoms with Crippen LogP contribution in [-0.2, 0) is 6.18 Å². The lowest BCUT2D eigenvalue weighted by atomic mass is 10.1. The van der Waals surface area contributed by atoms with Gasteiger partial charge in [0.25, 0.3) is 0 Å². The first-order valence-corrected chi connectivity index (χ1v) is 7.44. The Bertz CT molecular complexity index is 649. The van der Waals surface area contributed by atoms with Gasteiger partial charge in [0.1, 0.15) is 0 Å². The van der Waals surface area contributed by atoms with Gasteiger partial charge in [-0.3, -0.25) is 0 Å². The fraction of sp³-hybridized carbons (Fsp3) is 0.462. The summed E-state index contributed by atoms with van der Waals surface area (Å²) in [6, 6.07) is 1.83. The van der Waals surface area contributed by atoms with Crippen molar-refractivity contribution >= 4 is 23.2 Å². The molecule has 0 spiro atoms. The van der Waals surface area contributed by atoms with Gasteiger partial charge in [0.2, 0.25) is 17.7 Å². The summed E-state index contributed by atoms with van der Waals surface area (Å²) in [6.07, 6.45) is -3.99. The number of alkyl halides is 3. The Morgan fingerprint density at radius 2 is 1.95 bits per heavy atom. The standard InChI is InChI=1S/C13H16F3N5S/c1-4-8(9-5-6(2)7(3)22-9)18-12-20-10(13(14,15)16)19-11(17)21-12/h5,8H,4H2,1-3H3,(H3,17,18,19,20,21). The number of anilines is 2. The van der Waals surface area contributed by atoms with E-state index >= 15 is 0 Å². The van der Waals surface area contributed by atoms with Gasteiger partial charge in [-0.1, -0.05) is 6.92 Å². The summed E-state index contributed by atoms with van der Waals surface area (Å²) in [7, 11) is 0. The molecule has 3 N–H and O–H groups in total. The van der Waals surface area contributed by atoms with Gasteiger partial charge in [0, 0.05) is 9.75 Å². The number of rotatable bonds is 4. The molecule has 0 aliphatic rings. The third-order valence-electron chi connectivity index (χ3n) is 3.15. The van der Waals surface area contributed by atoms with Crippen LogP contribution in [0.2, 0.25) is 0 Å². The molecular formula is C13H16F3N5S. The van der Waals surface area contributed by atoms with E-state index in [1.165, 1.54) is 4.88 Å². The van der Waals surface area contributed by atoms with Crippen LogP contribution in [0.15, 0.2) is 6.07 Å². The zero-order chi connectivity index (χ0) is 16.5. The molecule has 0 aliphatic carbocycles. The minimum atomic E-state index is -4.66. The molecule has 5 nitrogen and oxygen atoms in total. The van der Waals surface area contributed by atoms with Crippen molar-refractivity contribution in [2.45, 2.75) is 39.4 Å². The van der Waals surface area contributed by atoms with Gasteiger partial charge in [-0.15, -0.1) is 11.3 Å². The van der Waals surface area contributed by atoms with Crippen molar-refractivity contribution < 1.29 is 13.2 Å². The van der Waals surface area contributed by atoms with Crippen LogP contribution in [0.1, 0.15) is 40.5 Å². The average Bonchev–Trinajstić information content (AvgIpc) is 2.74. The SMILES string of the molecule is CCC(Nc1nc(N)nc(C(F)(F)F)n1)c1cc(C)c(C)s1. The van der Waals surface area contributed by atoms with E-state index in [0.717, 1.165) is 10.4 Å². The van der Waals surface area contributed by atoms with Crippen LogP contribution in [0.4, 0.5) is 25.1 Å². The molecule has 0 radical (unpaired) electrons. The highest BCUT2D eigenvalue weighted by molar-refractivity contribution is 7.12. The summed E-state index contributed by atoms with van der Waals surface area (Å²) in [5.74, 6) is -1.93. The Hall–Kier alpha value is -1.90. The van der Waals surface area contributed by atoms with Gasteiger partial charge in [-0.25, -0.2) is 0 Å². The average molecular weight is 331 g/mol. The predicted molar refractivity (Wildman–Crippen MR) is 79.7 cm³/mol. The monoisotopic (exact) mass is 331 g/mol. The smallest absolute Gasteiger partial charge is 0.368 e. The van der Waals surface area contributed by atoms with Crippen LogP contribution >= 0.6 is 11.3 Å². The maximum absolute atomic E-state index is 12.7. The van der Waals surface area contributed by atoms with Gasteiger partial charge in [-0.05, 0) is 31.9 Å². The zero-order valence-corrected chi connectivity index (χ0v) is 13.1. The van der Waals surface area contributed by atoms with Gasteiger partial charge in [0.15, 0.2) is 0 Å². The van der Waals surface area contributed by atoms with Gasteiger partial charge < -0.3 is 11.1 Å². The van der Waals surface area contributed by atoms with Gasteiger partial charge >= 0.3 is 6.18 Å². The highest BCUT2D eigenvalue weighted by atomic mass is 32.1. The van der Waals surface area contributed by atoms with E-state index < -0.39 is 17.9 Å². The third-order valence-corrected chi connectivity index (χ3v) is 4.41. The Morgan fingerprint density at radius 3 is 2.45 bits per heavy atom. The van der Waals surface area contributed by atoms with Crippen molar-refractivity contribution in [1.82, 2.24) is 15.0 Å². The Morgan fingerprint density at radius 1 is 1.27 bits per heavy atom. The fourth-order valence-electron chi connectivity index (χ4n) is 1.89. The lowest BCUT2D eigenvalue weighted by molar-refractivity contribution is -0.144. The molecule has 1 unspecified atom stereocenters. The van der Waals surface area contributed by atoms with Crippen molar-refractivity contribution in [1.29, 1.82) is 0 Å². The van der Waals surface area contributed by atoms with E-state index in [1.54, 1.807) is 11.3 Å². The normalized spacial score (nSPS) is 13.2. The van der Waals surface area contributed by atoms with Crippen LogP contribution in [-0.4, -0.2) is 15.0 Å². The topological polar surface area (TPSA) is 76.7 Å². The largest absolute Gasteiger partial charge is 0.451 e. The number of thiophene rings is 1. The molecule has 2 aromatic rings. The number of nitrogens with zero attached hydrogens (tertiary/aromatic N) is 3. The first-order chi connectivity index (χ1) is 10.2. The van der Waals surface area contributed by atoms with Gasteiger partial charge in [0.05, 0.1) is 6.04 Å². The third kappa shape index (κ3) is 3.65. The summed E-state index contributed by atoms with van der Waals surface area (Å²) >= 11 is 1.59. The molecule has 0 fully saturated rings. The van der Waals surface area contributed by atoms with E-state index in [2.05, 4.69) is 20.3 Å². The highest BCUT2D eigenvalue weighted by Crippen LogP contribution is 2.31. The second-order valence-electron chi connectivity index (χ2n) is 4.83. The maximum Gasteiger partial charge on any atom is 0.451 e. The molecule has 22 heavy (non-hydrogen) atoms. The summed E-state index contributed by atoms with van der Waals surface area (Å²) in [5, 5.41) is 2.91. The lowest BCUT2D eigenvalue weighted by Gasteiger charge is -2.16. The van der Waals surface area contributed by atoms with Crippen molar-refractivity contribution in [2.24, 2.45) is 0 Å². The van der Waals surface area contributed by atoms with E-state index in [-0.39, 0.29) is 12.0 Å². The molecule has 0 amide bonds. The van der Waals surface area contributed by atoms with Crippen molar-refractivity contribution in [3.8, 4) is 0 Å². The second-order valence-corrected chi connectivity index (χ2v) is 6.12. The maximum atomic E-state index is 12.7. The molecule has 2 aromatic heterocycles. The summed E-state index contributed by atoms with van der Waals surface area (Å²) in [6.45, 7) is 5.92. The first-order valence-electron chi connectivity index (χ1n) is 6.63. The molecule has 2 heterocycles. The number of nitrogen functional groups attached to an aromatic ring is 1. The summed E-state index contributed by atoms with van der Waals surface area (Å²) in [5.41, 5.74) is 6.49. The predicted octanol–water partition coefficient (Wildman–Crippen LogP) is 3.71. The molecule has 0 bridgehead atoms. The van der Waals surface area contributed by atoms with Gasteiger partial charge in [-0.2, -0.15) is 28.1 Å². The van der Waals surface area contributed by atoms with Crippen LogP contribution in [0, 0.1) is 13.8 Å². The molecule has 2 rings (SSSR count). The summed E-state index contributed by atoms with van der Waals surface area (Å²) in [4.78, 5) is 12.5. The van der Waals surface area contributed by atoms with Crippen molar-refractivity contribution in [2.75, 3.05) is 11.1 Å². The molecule has 1 atom stereocenters. The zero-order valence-electron chi connectivity index (χ0n) is 12.3. The molecule has 0 aliphatic heterocycles. The van der Waals surface area contributed by atoms with E-state index in [0.29, 0.717) is 6.42 Å². The first kappa shape index (κ1) is 16.5. The summed E-state index contributed by atoms with van der Waals surface area (Å²) < 4.78 is 38.1. The molecule has 120 valence electrons. The number of aromatic nitrogens is 3. The van der Waals surface area contributed by atoms with Crippen LogP contribution in [0.25, 0.3) is 0 Å². The number of nitrogens with one attached hydrogen (secondary N) is 1. The number of aryl methyl sites for hydroxylation is 2. The van der Waals surface area contributed by atoms with Crippen LogP contribution in [0.3, 0.4) is 0 Å². The van der Waals surface area contributed by atoms with Crippen molar-refractivity contribution in [3.63, 3.8) is 0 Å². The Balaban J connectivity index is 2.30. The molecule has 0 aromatic carbocycles. The minimum absolute atomic E-state index is 0.171. The molecule has 9 heteroatoms. The minimum Gasteiger partial charge on any atom is -0.368 e. The Labute approximate surface area is 129 Å². The Kier molecular flexibility index (Phi) is 4.55.